The standard InChI is InChI=1S/C15H7F3N2O4S/c16-15(17,18)8-5-6-12(11(7-8)20(23)24)25-19-13(21)9-3-1-2-4-10(9)14(19)22/h1-7H. The number of carbonyl (C=O) groups excluding carboxylic acids is 2. The van der Waals surface area contributed by atoms with Gasteiger partial charge in [0.05, 0.1) is 21.6 Å². The van der Waals surface area contributed by atoms with Crippen molar-refractivity contribution < 1.29 is 27.7 Å². The largest absolute Gasteiger partial charge is 0.416 e. The normalized spacial score (nSPS) is 14.0. The van der Waals surface area contributed by atoms with Gasteiger partial charge >= 0.3 is 6.18 Å². The van der Waals surface area contributed by atoms with Crippen LogP contribution in [0.1, 0.15) is 26.3 Å². The molecule has 0 N–H and O–H groups in total. The first-order valence-corrected chi connectivity index (χ1v) is 7.49. The van der Waals surface area contributed by atoms with E-state index >= 15 is 0 Å². The predicted molar refractivity (Wildman–Crippen MR) is 80.9 cm³/mol. The molecule has 25 heavy (non-hydrogen) atoms. The summed E-state index contributed by atoms with van der Waals surface area (Å²) >= 11 is 0.424. The summed E-state index contributed by atoms with van der Waals surface area (Å²) in [4.78, 5) is 34.4. The van der Waals surface area contributed by atoms with Crippen LogP contribution in [0.2, 0.25) is 0 Å². The first kappa shape index (κ1) is 17.0. The Morgan fingerprint density at radius 2 is 1.56 bits per heavy atom. The molecule has 1 aliphatic heterocycles. The number of rotatable bonds is 3. The summed E-state index contributed by atoms with van der Waals surface area (Å²) in [6.45, 7) is 0. The summed E-state index contributed by atoms with van der Waals surface area (Å²) in [6, 6.07) is 7.87. The number of hydrogen-bond acceptors (Lipinski definition) is 5. The molecule has 0 atom stereocenters. The first-order chi connectivity index (χ1) is 11.7. The third-order valence-electron chi connectivity index (χ3n) is 3.43. The van der Waals surface area contributed by atoms with Gasteiger partial charge in [-0.2, -0.15) is 13.2 Å². The second kappa shape index (κ2) is 5.88. The number of benzene rings is 2. The molecule has 1 heterocycles. The summed E-state index contributed by atoms with van der Waals surface area (Å²) in [7, 11) is 0. The Labute approximate surface area is 142 Å². The van der Waals surface area contributed by atoms with Crippen LogP contribution in [0.5, 0.6) is 0 Å². The van der Waals surface area contributed by atoms with Gasteiger partial charge < -0.3 is 0 Å². The van der Waals surface area contributed by atoms with Crippen molar-refractivity contribution in [2.45, 2.75) is 11.1 Å². The summed E-state index contributed by atoms with van der Waals surface area (Å²) < 4.78 is 38.9. The van der Waals surface area contributed by atoms with E-state index in [-0.39, 0.29) is 16.0 Å². The number of amides is 2. The van der Waals surface area contributed by atoms with Gasteiger partial charge in [0.25, 0.3) is 17.5 Å². The highest BCUT2D eigenvalue weighted by molar-refractivity contribution is 7.98. The van der Waals surface area contributed by atoms with Crippen LogP contribution in [0, 0.1) is 10.1 Å². The maximum Gasteiger partial charge on any atom is 0.416 e. The molecule has 0 unspecified atom stereocenters. The van der Waals surface area contributed by atoms with Gasteiger partial charge in [0.2, 0.25) is 0 Å². The van der Waals surface area contributed by atoms with Gasteiger partial charge in [-0.3, -0.25) is 19.7 Å². The van der Waals surface area contributed by atoms with Crippen LogP contribution in [0.15, 0.2) is 47.4 Å². The minimum absolute atomic E-state index is 0.134. The van der Waals surface area contributed by atoms with Crippen molar-refractivity contribution in [2.75, 3.05) is 0 Å². The topological polar surface area (TPSA) is 80.5 Å². The van der Waals surface area contributed by atoms with Crippen LogP contribution in [0.4, 0.5) is 18.9 Å². The molecular weight excluding hydrogens is 361 g/mol. The number of alkyl halides is 3. The monoisotopic (exact) mass is 368 g/mol. The number of imide groups is 1. The van der Waals surface area contributed by atoms with Gasteiger partial charge in [0.1, 0.15) is 4.90 Å². The van der Waals surface area contributed by atoms with E-state index in [4.69, 9.17) is 0 Å². The van der Waals surface area contributed by atoms with Crippen molar-refractivity contribution in [1.82, 2.24) is 4.31 Å². The lowest BCUT2D eigenvalue weighted by Crippen LogP contribution is -2.22. The Morgan fingerprint density at radius 3 is 2.04 bits per heavy atom. The van der Waals surface area contributed by atoms with Crippen LogP contribution >= 0.6 is 11.9 Å². The van der Waals surface area contributed by atoms with Crippen molar-refractivity contribution in [3.63, 3.8) is 0 Å². The summed E-state index contributed by atoms with van der Waals surface area (Å²) in [5, 5.41) is 11.1. The third-order valence-corrected chi connectivity index (χ3v) is 4.49. The van der Waals surface area contributed by atoms with Crippen molar-refractivity contribution >= 4 is 29.4 Å². The smallest absolute Gasteiger partial charge is 0.268 e. The summed E-state index contributed by atoms with van der Waals surface area (Å²) in [5.74, 6) is -1.36. The second-order valence-corrected chi connectivity index (χ2v) is 5.97. The number of hydrogen-bond donors (Lipinski definition) is 0. The lowest BCUT2D eigenvalue weighted by molar-refractivity contribution is -0.388. The van der Waals surface area contributed by atoms with Crippen molar-refractivity contribution in [2.24, 2.45) is 0 Å². The van der Waals surface area contributed by atoms with E-state index in [2.05, 4.69) is 0 Å². The van der Waals surface area contributed by atoms with Gasteiger partial charge in [-0.25, -0.2) is 4.31 Å². The van der Waals surface area contributed by atoms with Crippen LogP contribution in [0.25, 0.3) is 0 Å². The Morgan fingerprint density at radius 1 is 1.00 bits per heavy atom. The van der Waals surface area contributed by atoms with Gasteiger partial charge in [-0.05, 0) is 24.3 Å². The van der Waals surface area contributed by atoms with Gasteiger partial charge in [0.15, 0.2) is 0 Å². The number of nitro benzene ring substituents is 1. The first-order valence-electron chi connectivity index (χ1n) is 6.71. The average Bonchev–Trinajstić information content (AvgIpc) is 2.79. The number of nitro groups is 1. The second-order valence-electron chi connectivity index (χ2n) is 4.98. The minimum atomic E-state index is -4.75. The molecule has 0 saturated heterocycles. The van der Waals surface area contributed by atoms with Gasteiger partial charge in [-0.15, -0.1) is 0 Å². The molecule has 2 amide bonds. The zero-order valence-corrected chi connectivity index (χ0v) is 12.9. The third kappa shape index (κ3) is 2.95. The molecule has 128 valence electrons. The zero-order chi connectivity index (χ0) is 18.4. The quantitative estimate of drug-likeness (QED) is 0.355. The molecule has 0 radical (unpaired) electrons. The summed E-state index contributed by atoms with van der Waals surface area (Å²) in [6.07, 6.45) is -4.75. The number of halogens is 3. The van der Waals surface area contributed by atoms with E-state index in [1.807, 2.05) is 0 Å². The molecular formula is C15H7F3N2O4S. The Bertz CT molecular complexity index is 879. The van der Waals surface area contributed by atoms with Crippen LogP contribution in [-0.4, -0.2) is 21.0 Å². The minimum Gasteiger partial charge on any atom is -0.268 e. The predicted octanol–water partition coefficient (Wildman–Crippen LogP) is 3.92. The highest BCUT2D eigenvalue weighted by Crippen LogP contribution is 2.40. The molecule has 0 aromatic heterocycles. The van der Waals surface area contributed by atoms with Gasteiger partial charge in [-0.1, -0.05) is 12.1 Å². The highest BCUT2D eigenvalue weighted by Gasteiger charge is 2.38. The number of fused-ring (bicyclic) bond motifs is 1. The fourth-order valence-corrected chi connectivity index (χ4v) is 3.18. The number of nitrogens with zero attached hydrogens (tertiary/aromatic N) is 2. The molecule has 3 rings (SSSR count). The zero-order valence-electron chi connectivity index (χ0n) is 12.1. The maximum absolute atomic E-state index is 12.7. The highest BCUT2D eigenvalue weighted by atomic mass is 32.2. The Kier molecular flexibility index (Phi) is 3.99. The van der Waals surface area contributed by atoms with E-state index in [0.29, 0.717) is 28.4 Å². The summed E-state index contributed by atoms with van der Waals surface area (Å²) in [5.41, 5.74) is -1.76. The molecule has 6 nitrogen and oxygen atoms in total. The molecule has 2 aromatic carbocycles. The van der Waals surface area contributed by atoms with Crippen molar-refractivity contribution in [1.29, 1.82) is 0 Å². The maximum atomic E-state index is 12.7. The van der Waals surface area contributed by atoms with E-state index in [9.17, 15) is 32.9 Å². The molecule has 2 aromatic rings. The fourth-order valence-electron chi connectivity index (χ4n) is 2.26. The molecule has 0 spiro atoms. The van der Waals surface area contributed by atoms with E-state index < -0.39 is 34.2 Å². The average molecular weight is 368 g/mol. The molecule has 1 aliphatic rings. The van der Waals surface area contributed by atoms with Gasteiger partial charge in [0, 0.05) is 18.0 Å². The Hall–Kier alpha value is -2.88. The molecule has 0 bridgehead atoms. The lowest BCUT2D eigenvalue weighted by Gasteiger charge is -2.13. The fraction of sp³-hybridized carbons (Fsp3) is 0.0667. The molecule has 0 aliphatic carbocycles. The van der Waals surface area contributed by atoms with E-state index in [0.717, 1.165) is 6.07 Å². The van der Waals surface area contributed by atoms with E-state index in [1.165, 1.54) is 12.1 Å². The molecule has 0 saturated carbocycles. The van der Waals surface area contributed by atoms with Crippen molar-refractivity contribution in [3.05, 3.63) is 69.3 Å². The van der Waals surface area contributed by atoms with Crippen LogP contribution in [-0.2, 0) is 6.18 Å². The SMILES string of the molecule is O=C1c2ccccc2C(=O)N1Sc1ccc(C(F)(F)F)cc1[N+](=O)[O-]. The van der Waals surface area contributed by atoms with E-state index in [1.54, 1.807) is 12.1 Å². The Balaban J connectivity index is 1.98. The van der Waals surface area contributed by atoms with Crippen molar-refractivity contribution in [3.8, 4) is 0 Å². The number of carbonyl (C=O) groups is 2. The van der Waals surface area contributed by atoms with Crippen LogP contribution < -0.4 is 0 Å². The molecule has 10 heteroatoms. The lowest BCUT2D eigenvalue weighted by atomic mass is 10.1. The molecule has 0 fully saturated rings. The van der Waals surface area contributed by atoms with Crippen LogP contribution in [0.3, 0.4) is 0 Å².